The van der Waals surface area contributed by atoms with Gasteiger partial charge in [-0.15, -0.1) is 0 Å². The van der Waals surface area contributed by atoms with Crippen molar-refractivity contribution < 1.29 is 8.83 Å². The molecule has 6 heteroatoms. The van der Waals surface area contributed by atoms with Crippen LogP contribution in [0.3, 0.4) is 0 Å². The highest BCUT2D eigenvalue weighted by Crippen LogP contribution is 2.48. The fraction of sp³-hybridized carbons (Fsp3) is 0.137. The maximum absolute atomic E-state index is 6.59. The molecule has 0 fully saturated rings. The highest BCUT2D eigenvalue weighted by atomic mass is 16.3. The molecule has 0 radical (unpaired) electrons. The van der Waals surface area contributed by atoms with Crippen LogP contribution in [-0.4, -0.2) is 15.7 Å². The largest absolute Gasteiger partial charge is 0.456 e. The Labute approximate surface area is 329 Å². The second kappa shape index (κ2) is 10.4. The summed E-state index contributed by atoms with van der Waals surface area (Å²) in [7, 11) is 0. The molecule has 57 heavy (non-hydrogen) atoms. The smallest absolute Gasteiger partial charge is 0.255 e. The number of imidazole rings is 1. The Hall–Kier alpha value is -6.66. The fourth-order valence-corrected chi connectivity index (χ4v) is 10.9. The Morgan fingerprint density at radius 1 is 0.491 bits per heavy atom. The highest BCUT2D eigenvalue weighted by molar-refractivity contribution is 7.01. The van der Waals surface area contributed by atoms with Crippen LogP contribution in [0.1, 0.15) is 38.9 Å². The summed E-state index contributed by atoms with van der Waals surface area (Å²) >= 11 is 0. The summed E-state index contributed by atoms with van der Waals surface area (Å²) in [6.45, 7) is 16.1. The normalized spacial score (nSPS) is 13.5. The average Bonchev–Trinajstić information content (AvgIpc) is 3.97. The van der Waals surface area contributed by atoms with Crippen LogP contribution >= 0.6 is 0 Å². The monoisotopic (exact) mass is 735 g/mol. The predicted octanol–water partition coefficient (Wildman–Crippen LogP) is 11.6. The average molecular weight is 736 g/mol. The predicted molar refractivity (Wildman–Crippen MR) is 239 cm³/mol. The molecule has 0 unspecified atom stereocenters. The van der Waals surface area contributed by atoms with E-state index in [-0.39, 0.29) is 6.71 Å². The number of aromatic nitrogens is 2. The van der Waals surface area contributed by atoms with Gasteiger partial charge in [-0.1, -0.05) is 54.6 Å². The minimum atomic E-state index is 0.0139. The van der Waals surface area contributed by atoms with E-state index in [1.807, 2.05) is 6.07 Å². The van der Waals surface area contributed by atoms with E-state index >= 15 is 0 Å². The van der Waals surface area contributed by atoms with Crippen molar-refractivity contribution >= 4 is 112 Å². The highest BCUT2D eigenvalue weighted by Gasteiger charge is 2.46. The van der Waals surface area contributed by atoms with E-state index in [1.165, 1.54) is 105 Å². The van der Waals surface area contributed by atoms with E-state index in [9.17, 15) is 0 Å². The summed E-state index contributed by atoms with van der Waals surface area (Å²) in [5, 5.41) is 5.90. The molecule has 5 nitrogen and oxygen atoms in total. The number of aryl methyl sites for hydroxylation is 4. The van der Waals surface area contributed by atoms with E-state index in [0.29, 0.717) is 0 Å². The van der Waals surface area contributed by atoms with Gasteiger partial charge in [-0.2, -0.15) is 0 Å². The van der Waals surface area contributed by atoms with Crippen molar-refractivity contribution in [3.63, 3.8) is 0 Å². The molecule has 4 aromatic heterocycles. The number of anilines is 3. The number of rotatable bonds is 1. The van der Waals surface area contributed by atoms with E-state index in [4.69, 9.17) is 8.83 Å². The van der Waals surface area contributed by atoms with Gasteiger partial charge in [0, 0.05) is 38.9 Å². The van der Waals surface area contributed by atoms with Gasteiger partial charge in [0.15, 0.2) is 0 Å². The van der Waals surface area contributed by atoms with Gasteiger partial charge in [-0.25, -0.2) is 0 Å². The summed E-state index contributed by atoms with van der Waals surface area (Å²) in [5.74, 6) is 0. The van der Waals surface area contributed by atoms with Crippen molar-refractivity contribution in [3.05, 3.63) is 142 Å². The molecule has 7 aromatic carbocycles. The zero-order valence-corrected chi connectivity index (χ0v) is 33.1. The van der Waals surface area contributed by atoms with E-state index in [0.717, 1.165) is 44.2 Å². The van der Waals surface area contributed by atoms with Crippen molar-refractivity contribution in [1.29, 1.82) is 0 Å². The minimum Gasteiger partial charge on any atom is -0.456 e. The molecule has 0 aliphatic carbocycles. The van der Waals surface area contributed by atoms with Crippen LogP contribution in [0.4, 0.5) is 17.1 Å². The molecule has 0 saturated heterocycles. The topological polar surface area (TPSA) is 38.9 Å². The standard InChI is InChI=1S/C51H38BN3O2/c1-25-16-18-35-45-51-54(38-19-21-43-44(34-13-9-11-15-41(34)57-43)50(38)55(51)47(35)28(25)4)49-31(7)29(5)30(6)48-46(49)52(45)37-22-26(2)27(3)23-39(37)53(48)32-17-20-42-36(24-32)33-12-8-10-14-40(33)56-42/h8-24H,1-7H3. The van der Waals surface area contributed by atoms with Crippen LogP contribution in [0, 0.1) is 48.5 Å². The third-order valence-electron chi connectivity index (χ3n) is 14.0. The van der Waals surface area contributed by atoms with Crippen molar-refractivity contribution in [2.45, 2.75) is 48.5 Å². The molecule has 0 N–H and O–H groups in total. The molecule has 6 heterocycles. The molecule has 13 rings (SSSR count). The molecule has 0 spiro atoms. The molecule has 2 aliphatic heterocycles. The lowest BCUT2D eigenvalue weighted by Gasteiger charge is -2.42. The molecule has 0 bridgehead atoms. The van der Waals surface area contributed by atoms with Crippen LogP contribution in [-0.2, 0) is 0 Å². The van der Waals surface area contributed by atoms with Gasteiger partial charge in [-0.05, 0) is 158 Å². The number of para-hydroxylation sites is 2. The van der Waals surface area contributed by atoms with Gasteiger partial charge < -0.3 is 13.7 Å². The van der Waals surface area contributed by atoms with Crippen LogP contribution < -0.4 is 21.3 Å². The molecule has 0 saturated carbocycles. The maximum atomic E-state index is 6.59. The third kappa shape index (κ3) is 3.64. The lowest BCUT2D eigenvalue weighted by molar-refractivity contribution is 0.668. The van der Waals surface area contributed by atoms with Crippen LogP contribution in [0.25, 0.3) is 77.1 Å². The second-order valence-corrected chi connectivity index (χ2v) is 16.7. The lowest BCUT2D eigenvalue weighted by atomic mass is 9.33. The summed E-state index contributed by atoms with van der Waals surface area (Å²) < 4.78 is 18.2. The first-order chi connectivity index (χ1) is 27.7. The number of hydrogen-bond donors (Lipinski definition) is 0. The Morgan fingerprint density at radius 2 is 1.18 bits per heavy atom. The first-order valence-corrected chi connectivity index (χ1v) is 20.1. The van der Waals surface area contributed by atoms with Gasteiger partial charge >= 0.3 is 0 Å². The number of fused-ring (bicyclic) bond motifs is 17. The number of benzene rings is 7. The van der Waals surface area contributed by atoms with Gasteiger partial charge in [-0.3, -0.25) is 8.97 Å². The third-order valence-corrected chi connectivity index (χ3v) is 14.0. The molecular formula is C51H38BN3O2. The van der Waals surface area contributed by atoms with E-state index in [2.05, 4.69) is 159 Å². The number of hydrogen-bond acceptors (Lipinski definition) is 3. The van der Waals surface area contributed by atoms with Crippen molar-refractivity contribution in [3.8, 4) is 5.69 Å². The molecule has 0 atom stereocenters. The SMILES string of the molecule is Cc1cc2c(cc1C)N(c1ccc3oc4ccccc4c3c1)c1c(C)c(C)c(C)c3c1B2c1c2ccc(C)c(C)c2n2c4c5c(ccc4n-3c12)oc1ccccc15. The molecule has 11 aromatic rings. The summed E-state index contributed by atoms with van der Waals surface area (Å²) in [5.41, 5.74) is 26.8. The molecule has 0 amide bonds. The first kappa shape index (κ1) is 31.5. The van der Waals surface area contributed by atoms with Crippen LogP contribution in [0.2, 0.25) is 0 Å². The summed E-state index contributed by atoms with van der Waals surface area (Å²) in [6.07, 6.45) is 0. The van der Waals surface area contributed by atoms with Crippen molar-refractivity contribution in [2.75, 3.05) is 4.90 Å². The summed E-state index contributed by atoms with van der Waals surface area (Å²) in [6, 6.07) is 37.8. The van der Waals surface area contributed by atoms with Crippen molar-refractivity contribution in [1.82, 2.24) is 8.97 Å². The van der Waals surface area contributed by atoms with Crippen LogP contribution in [0.15, 0.2) is 112 Å². The number of nitrogens with zero attached hydrogens (tertiary/aromatic N) is 3. The Kier molecular flexibility index (Phi) is 5.75. The fourth-order valence-electron chi connectivity index (χ4n) is 10.9. The Balaban J connectivity index is 1.26. The minimum absolute atomic E-state index is 0.0139. The maximum Gasteiger partial charge on any atom is 0.255 e. The van der Waals surface area contributed by atoms with E-state index in [1.54, 1.807) is 0 Å². The van der Waals surface area contributed by atoms with E-state index < -0.39 is 0 Å². The second-order valence-electron chi connectivity index (χ2n) is 16.7. The van der Waals surface area contributed by atoms with Crippen molar-refractivity contribution in [2.24, 2.45) is 0 Å². The lowest BCUT2D eigenvalue weighted by Crippen LogP contribution is -2.61. The Bertz CT molecular complexity index is 3680. The zero-order valence-electron chi connectivity index (χ0n) is 33.1. The van der Waals surface area contributed by atoms with Crippen LogP contribution in [0.5, 0.6) is 0 Å². The molecule has 2 aliphatic rings. The first-order valence-electron chi connectivity index (χ1n) is 20.1. The molecular weight excluding hydrogens is 697 g/mol. The van der Waals surface area contributed by atoms with Gasteiger partial charge in [0.2, 0.25) is 0 Å². The molecule has 272 valence electrons. The van der Waals surface area contributed by atoms with Gasteiger partial charge in [0.05, 0.1) is 21.9 Å². The summed E-state index contributed by atoms with van der Waals surface area (Å²) in [4.78, 5) is 2.57. The number of furan rings is 2. The quantitative estimate of drug-likeness (QED) is 0.158. The zero-order chi connectivity index (χ0) is 38.3. The Morgan fingerprint density at radius 3 is 2.00 bits per heavy atom. The van der Waals surface area contributed by atoms with Gasteiger partial charge in [0.1, 0.15) is 28.0 Å². The van der Waals surface area contributed by atoms with Gasteiger partial charge in [0.25, 0.3) is 6.71 Å².